The van der Waals surface area contributed by atoms with Crippen LogP contribution in [0.5, 0.6) is 0 Å². The molecule has 0 aromatic rings. The summed E-state index contributed by atoms with van der Waals surface area (Å²) in [6.45, 7) is 0. The molecule has 13 fully saturated rings. The van der Waals surface area contributed by atoms with Crippen molar-refractivity contribution < 1.29 is 0 Å². The lowest BCUT2D eigenvalue weighted by atomic mass is 9.46. The van der Waals surface area contributed by atoms with Gasteiger partial charge in [-0.05, 0) is 195 Å². The molecule has 0 amide bonds. The van der Waals surface area contributed by atoms with Gasteiger partial charge in [-0.15, -0.1) is 0 Å². The van der Waals surface area contributed by atoms with Gasteiger partial charge in [0.2, 0.25) is 0 Å². The molecule has 0 aromatic heterocycles. The zero-order chi connectivity index (χ0) is 41.4. The average Bonchev–Trinajstić information content (AvgIpc) is 3.87. The topological polar surface area (TPSA) is 3.24 Å². The highest BCUT2D eigenvalue weighted by atomic mass is 15.2. The molecule has 13 saturated carbocycles. The summed E-state index contributed by atoms with van der Waals surface area (Å²) in [6, 6.07) is 2.83. The SMILES string of the molecule is C1CCC(C2CCCC(C3C4C5CCCC6CCCC(C65)C4C(C4CCCC(C5CCCCC5)C4)C4C5CCC(N(C6CCCCC6)C6CCCCC6)C6CCCC(C56)C34)C2)CC1. The Kier molecular flexibility index (Phi) is 12.8. The molecule has 0 aliphatic heterocycles. The molecule has 13 rings (SSSR count). The third kappa shape index (κ3) is 7.62. The highest BCUT2D eigenvalue weighted by Gasteiger charge is 2.71. The van der Waals surface area contributed by atoms with Crippen LogP contribution in [0.3, 0.4) is 0 Å². The summed E-state index contributed by atoms with van der Waals surface area (Å²) in [7, 11) is 0. The van der Waals surface area contributed by atoms with Crippen molar-refractivity contribution in [3.8, 4) is 0 Å². The van der Waals surface area contributed by atoms with Gasteiger partial charge in [-0.25, -0.2) is 0 Å². The average molecular weight is 860 g/mol. The number of rotatable bonds is 7. The molecule has 0 N–H and O–H groups in total. The maximum Gasteiger partial charge on any atom is 0.0132 e. The van der Waals surface area contributed by atoms with E-state index in [-0.39, 0.29) is 0 Å². The Labute approximate surface area is 390 Å². The first-order valence-corrected chi connectivity index (χ1v) is 31.1. The molecule has 1 heteroatoms. The summed E-state index contributed by atoms with van der Waals surface area (Å²) >= 11 is 0. The van der Waals surface area contributed by atoms with Gasteiger partial charge in [0.05, 0.1) is 0 Å². The Hall–Kier alpha value is -0.0400. The van der Waals surface area contributed by atoms with E-state index < -0.39 is 0 Å². The van der Waals surface area contributed by atoms with Gasteiger partial charge < -0.3 is 0 Å². The molecule has 0 saturated heterocycles. The minimum absolute atomic E-state index is 0.938. The van der Waals surface area contributed by atoms with Crippen molar-refractivity contribution >= 4 is 0 Å². The Balaban J connectivity index is 0.914. The minimum Gasteiger partial charge on any atom is -0.294 e. The summed E-state index contributed by atoms with van der Waals surface area (Å²) in [5.41, 5.74) is 0. The molecule has 1 nitrogen and oxygen atoms in total. The first kappa shape index (κ1) is 43.0. The highest BCUT2D eigenvalue weighted by molar-refractivity contribution is 5.19. The van der Waals surface area contributed by atoms with Crippen LogP contribution in [0.15, 0.2) is 0 Å². The van der Waals surface area contributed by atoms with Crippen molar-refractivity contribution in [3.63, 3.8) is 0 Å². The Morgan fingerprint density at radius 2 is 0.540 bits per heavy atom. The number of hydrogen-bond donors (Lipinski definition) is 0. The standard InChI is InChI=1S/C62H101N/c1-5-18-40(19-6-1)43-24-13-26-45(38-43)56-59-50-33-15-22-42-23-16-34-51(55(42)50)60(59)57(46-27-14-25-44(39-46)41-20-7-2-8-21-41)62-53-36-37-54(49-32-17-35-52(58(49)53)61(56)62)63(47-28-9-3-10-29-47)48-30-11-4-12-31-48/h40-62H,1-39H2. The zero-order valence-electron chi connectivity index (χ0n) is 41.3. The van der Waals surface area contributed by atoms with E-state index in [1.807, 2.05) is 0 Å². The molecule has 63 heavy (non-hydrogen) atoms. The molecule has 0 radical (unpaired) electrons. The monoisotopic (exact) mass is 860 g/mol. The Morgan fingerprint density at radius 1 is 0.190 bits per heavy atom. The fourth-order valence-electron chi connectivity index (χ4n) is 24.5. The van der Waals surface area contributed by atoms with E-state index in [4.69, 9.17) is 0 Å². The lowest BCUT2D eigenvalue weighted by Crippen LogP contribution is -2.57. The van der Waals surface area contributed by atoms with E-state index in [9.17, 15) is 0 Å². The van der Waals surface area contributed by atoms with Crippen molar-refractivity contribution in [1.82, 2.24) is 4.90 Å². The minimum atomic E-state index is 0.938. The predicted molar refractivity (Wildman–Crippen MR) is 263 cm³/mol. The van der Waals surface area contributed by atoms with Gasteiger partial charge >= 0.3 is 0 Å². The summed E-state index contributed by atoms with van der Waals surface area (Å²) in [6.07, 6.45) is 62.5. The summed E-state index contributed by atoms with van der Waals surface area (Å²) in [5.74, 6) is 22.4. The molecule has 0 aromatic carbocycles. The van der Waals surface area contributed by atoms with Crippen molar-refractivity contribution in [2.75, 3.05) is 0 Å². The molecule has 13 aliphatic carbocycles. The Morgan fingerprint density at radius 3 is 1.03 bits per heavy atom. The second-order valence-electron chi connectivity index (χ2n) is 27.8. The van der Waals surface area contributed by atoms with E-state index in [1.54, 1.807) is 212 Å². The van der Waals surface area contributed by atoms with Crippen LogP contribution in [0.25, 0.3) is 0 Å². The van der Waals surface area contributed by atoms with Crippen molar-refractivity contribution in [1.29, 1.82) is 0 Å². The van der Waals surface area contributed by atoms with Crippen LogP contribution < -0.4 is 0 Å². The third-order valence-electron chi connectivity index (χ3n) is 25.9. The molecule has 354 valence electrons. The van der Waals surface area contributed by atoms with Gasteiger partial charge in [-0.3, -0.25) is 4.90 Å². The molecule has 0 spiro atoms. The van der Waals surface area contributed by atoms with Gasteiger partial charge in [0.25, 0.3) is 0 Å². The smallest absolute Gasteiger partial charge is 0.0132 e. The van der Waals surface area contributed by atoms with Crippen LogP contribution in [-0.4, -0.2) is 23.0 Å². The lowest BCUT2D eigenvalue weighted by Gasteiger charge is -2.59. The van der Waals surface area contributed by atoms with Crippen LogP contribution >= 0.6 is 0 Å². The van der Waals surface area contributed by atoms with Gasteiger partial charge in [-0.1, -0.05) is 173 Å². The van der Waals surface area contributed by atoms with Gasteiger partial charge in [0, 0.05) is 18.1 Å². The highest BCUT2D eigenvalue weighted by Crippen LogP contribution is 2.76. The van der Waals surface area contributed by atoms with Crippen molar-refractivity contribution in [2.45, 2.75) is 269 Å². The van der Waals surface area contributed by atoms with E-state index >= 15 is 0 Å². The fraction of sp³-hybridized carbons (Fsp3) is 1.00. The molecule has 0 heterocycles. The second-order valence-corrected chi connectivity index (χ2v) is 27.8. The van der Waals surface area contributed by atoms with Crippen LogP contribution in [0, 0.1) is 118 Å². The van der Waals surface area contributed by atoms with Gasteiger partial charge in [0.15, 0.2) is 0 Å². The third-order valence-corrected chi connectivity index (χ3v) is 25.9. The maximum absolute atomic E-state index is 3.47. The van der Waals surface area contributed by atoms with Crippen molar-refractivity contribution in [3.05, 3.63) is 0 Å². The maximum atomic E-state index is 3.47. The number of hydrogen-bond acceptors (Lipinski definition) is 1. The van der Waals surface area contributed by atoms with E-state index in [1.165, 1.54) is 38.5 Å². The van der Waals surface area contributed by atoms with Crippen LogP contribution in [0.1, 0.15) is 250 Å². The molecule has 13 aliphatic rings. The van der Waals surface area contributed by atoms with E-state index in [2.05, 4.69) is 4.90 Å². The molecular formula is C62H101N. The van der Waals surface area contributed by atoms with E-state index in [0.29, 0.717) is 0 Å². The first-order valence-electron chi connectivity index (χ1n) is 31.1. The zero-order valence-corrected chi connectivity index (χ0v) is 41.3. The van der Waals surface area contributed by atoms with Crippen LogP contribution in [0.2, 0.25) is 0 Å². The second kappa shape index (κ2) is 18.7. The normalized spacial score (nSPS) is 51.3. The van der Waals surface area contributed by atoms with Crippen LogP contribution in [-0.2, 0) is 0 Å². The number of nitrogens with zero attached hydrogens (tertiary/aromatic N) is 1. The largest absolute Gasteiger partial charge is 0.294 e. The fourth-order valence-corrected chi connectivity index (χ4v) is 24.5. The molecule has 19 unspecified atom stereocenters. The predicted octanol–water partition coefficient (Wildman–Crippen LogP) is 17.1. The molecule has 0 bridgehead atoms. The lowest BCUT2D eigenvalue weighted by molar-refractivity contribution is -0.111. The first-order chi connectivity index (χ1) is 31.3. The molecular weight excluding hydrogens is 759 g/mol. The van der Waals surface area contributed by atoms with Gasteiger partial charge in [-0.2, -0.15) is 0 Å². The Bertz CT molecular complexity index is 1400. The van der Waals surface area contributed by atoms with E-state index in [0.717, 1.165) is 136 Å². The summed E-state index contributed by atoms with van der Waals surface area (Å²) in [5, 5.41) is 0. The summed E-state index contributed by atoms with van der Waals surface area (Å²) in [4.78, 5) is 3.47. The van der Waals surface area contributed by atoms with Crippen molar-refractivity contribution in [2.24, 2.45) is 118 Å². The van der Waals surface area contributed by atoms with Gasteiger partial charge in [0.1, 0.15) is 0 Å². The summed E-state index contributed by atoms with van der Waals surface area (Å²) < 4.78 is 0. The van der Waals surface area contributed by atoms with Crippen LogP contribution in [0.4, 0.5) is 0 Å². The molecule has 19 atom stereocenters. The quantitative estimate of drug-likeness (QED) is 0.247. The number of fused-ring (bicyclic) bond motifs is 6.